The van der Waals surface area contributed by atoms with E-state index in [-0.39, 0.29) is 13.2 Å². The topological polar surface area (TPSA) is 66.8 Å². The Balaban J connectivity index is 3.10. The number of aliphatic carboxylic acids is 1. The third kappa shape index (κ3) is 19.4. The molecule has 0 aromatic carbocycles. The largest absolute Gasteiger partial charge is 0.480 e. The van der Waals surface area contributed by atoms with E-state index in [2.05, 4.69) is 6.92 Å². The molecule has 0 saturated heterocycles. The van der Waals surface area contributed by atoms with Crippen LogP contribution in [0.3, 0.4) is 0 Å². The van der Waals surface area contributed by atoms with Crippen LogP contribution in [0.5, 0.6) is 0 Å². The van der Waals surface area contributed by atoms with Crippen LogP contribution in [0.4, 0.5) is 0 Å². The van der Waals surface area contributed by atoms with Crippen molar-refractivity contribution in [2.45, 2.75) is 109 Å². The van der Waals surface area contributed by atoms with E-state index in [0.29, 0.717) is 6.42 Å². The van der Waals surface area contributed by atoms with Gasteiger partial charge in [-0.1, -0.05) is 96.8 Å². The van der Waals surface area contributed by atoms with Gasteiger partial charge in [-0.3, -0.25) is 0 Å². The number of ether oxygens (including phenoxy) is 1. The molecule has 0 spiro atoms. The molecule has 144 valence electrons. The summed E-state index contributed by atoms with van der Waals surface area (Å²) in [5.74, 6) is -0.987. The number of rotatable bonds is 19. The third-order valence-electron chi connectivity index (χ3n) is 4.43. The summed E-state index contributed by atoms with van der Waals surface area (Å²) in [5, 5.41) is 18.1. The summed E-state index contributed by atoms with van der Waals surface area (Å²) in [7, 11) is 0. The van der Waals surface area contributed by atoms with Crippen molar-refractivity contribution in [2.75, 3.05) is 13.2 Å². The van der Waals surface area contributed by atoms with Gasteiger partial charge >= 0.3 is 5.97 Å². The number of aliphatic hydroxyl groups excluding tert-OH is 1. The Morgan fingerprint density at radius 1 is 0.792 bits per heavy atom. The van der Waals surface area contributed by atoms with Crippen molar-refractivity contribution in [3.8, 4) is 0 Å². The highest BCUT2D eigenvalue weighted by Gasteiger charge is 2.05. The van der Waals surface area contributed by atoms with Gasteiger partial charge in [-0.2, -0.15) is 0 Å². The van der Waals surface area contributed by atoms with Crippen LogP contribution in [0.15, 0.2) is 0 Å². The van der Waals surface area contributed by atoms with Crippen LogP contribution in [0, 0.1) is 0 Å². The molecule has 0 aromatic heterocycles. The zero-order chi connectivity index (χ0) is 17.9. The van der Waals surface area contributed by atoms with Crippen LogP contribution in [0.25, 0.3) is 0 Å². The van der Waals surface area contributed by atoms with Crippen molar-refractivity contribution in [1.82, 2.24) is 0 Å². The van der Waals surface area contributed by atoms with Crippen LogP contribution < -0.4 is 0 Å². The second-order valence-corrected chi connectivity index (χ2v) is 6.95. The fraction of sp³-hybridized carbons (Fsp3) is 0.950. The van der Waals surface area contributed by atoms with E-state index >= 15 is 0 Å². The molecule has 0 saturated carbocycles. The number of carboxylic acid groups (broad SMARTS) is 1. The summed E-state index contributed by atoms with van der Waals surface area (Å²) < 4.78 is 4.88. The molecule has 2 N–H and O–H groups in total. The lowest BCUT2D eigenvalue weighted by atomic mass is 10.0. The highest BCUT2D eigenvalue weighted by atomic mass is 16.5. The second kappa shape index (κ2) is 18.7. The van der Waals surface area contributed by atoms with Gasteiger partial charge in [0, 0.05) is 0 Å². The fourth-order valence-electron chi connectivity index (χ4n) is 2.94. The van der Waals surface area contributed by atoms with E-state index < -0.39 is 12.1 Å². The Hall–Kier alpha value is -0.610. The zero-order valence-corrected chi connectivity index (χ0v) is 15.8. The minimum absolute atomic E-state index is 0.130. The van der Waals surface area contributed by atoms with Gasteiger partial charge in [0.15, 0.2) is 0 Å². The number of carboxylic acids is 1. The standard InChI is InChI=1S/C20H40O4/c1-2-3-4-5-6-7-8-9-10-11-12-13-14-15-16-19(21)17-24-18-20(22)23/h19,21H,2-18H2,1H3,(H,22,23). The zero-order valence-electron chi connectivity index (χ0n) is 15.8. The van der Waals surface area contributed by atoms with Crippen LogP contribution >= 0.6 is 0 Å². The summed E-state index contributed by atoms with van der Waals surface area (Å²) >= 11 is 0. The predicted molar refractivity (Wildman–Crippen MR) is 99.4 cm³/mol. The van der Waals surface area contributed by atoms with Crippen LogP contribution in [0.1, 0.15) is 103 Å². The quantitative estimate of drug-likeness (QED) is 0.311. The maximum atomic E-state index is 10.3. The maximum absolute atomic E-state index is 10.3. The molecule has 4 heteroatoms. The van der Waals surface area contributed by atoms with Gasteiger partial charge in [0.1, 0.15) is 6.61 Å². The maximum Gasteiger partial charge on any atom is 0.329 e. The molecule has 0 fully saturated rings. The van der Waals surface area contributed by atoms with Crippen molar-refractivity contribution < 1.29 is 19.7 Å². The molecule has 0 bridgehead atoms. The van der Waals surface area contributed by atoms with Gasteiger partial charge in [-0.05, 0) is 6.42 Å². The Kier molecular flexibility index (Phi) is 18.2. The summed E-state index contributed by atoms with van der Waals surface area (Å²) in [4.78, 5) is 10.3. The Morgan fingerprint density at radius 3 is 1.62 bits per heavy atom. The molecule has 0 rings (SSSR count). The minimum Gasteiger partial charge on any atom is -0.480 e. The van der Waals surface area contributed by atoms with Gasteiger partial charge in [-0.15, -0.1) is 0 Å². The molecule has 4 nitrogen and oxygen atoms in total. The van der Waals surface area contributed by atoms with Gasteiger partial charge in [-0.25, -0.2) is 4.79 Å². The average Bonchev–Trinajstić information content (AvgIpc) is 2.55. The molecule has 0 heterocycles. The first-order valence-electron chi connectivity index (χ1n) is 10.1. The number of unbranched alkanes of at least 4 members (excludes halogenated alkanes) is 13. The fourth-order valence-corrected chi connectivity index (χ4v) is 2.94. The van der Waals surface area contributed by atoms with Gasteiger partial charge in [0.05, 0.1) is 12.7 Å². The van der Waals surface area contributed by atoms with Gasteiger partial charge < -0.3 is 14.9 Å². The van der Waals surface area contributed by atoms with Crippen LogP contribution in [-0.4, -0.2) is 35.5 Å². The first kappa shape index (κ1) is 23.4. The molecule has 0 aromatic rings. The molecule has 0 aliphatic heterocycles. The number of carbonyl (C=O) groups is 1. The Morgan fingerprint density at radius 2 is 1.21 bits per heavy atom. The summed E-state index contributed by atoms with van der Waals surface area (Å²) in [6.45, 7) is 2.07. The Bertz CT molecular complexity index is 268. The van der Waals surface area contributed by atoms with Crippen LogP contribution in [0.2, 0.25) is 0 Å². The highest BCUT2D eigenvalue weighted by Crippen LogP contribution is 2.13. The summed E-state index contributed by atoms with van der Waals surface area (Å²) in [5.41, 5.74) is 0. The summed E-state index contributed by atoms with van der Waals surface area (Å²) in [6, 6.07) is 0. The molecule has 0 aliphatic carbocycles. The van der Waals surface area contributed by atoms with Crippen molar-refractivity contribution in [3.63, 3.8) is 0 Å². The monoisotopic (exact) mass is 344 g/mol. The normalized spacial score (nSPS) is 12.4. The van der Waals surface area contributed by atoms with E-state index in [4.69, 9.17) is 9.84 Å². The molecule has 0 aliphatic rings. The molecule has 24 heavy (non-hydrogen) atoms. The lowest BCUT2D eigenvalue weighted by Crippen LogP contribution is -2.18. The first-order chi connectivity index (χ1) is 11.7. The first-order valence-corrected chi connectivity index (χ1v) is 10.1. The van der Waals surface area contributed by atoms with Crippen molar-refractivity contribution in [2.24, 2.45) is 0 Å². The smallest absolute Gasteiger partial charge is 0.329 e. The van der Waals surface area contributed by atoms with Crippen LogP contribution in [-0.2, 0) is 9.53 Å². The highest BCUT2D eigenvalue weighted by molar-refractivity contribution is 5.67. The Labute approximate surface area is 149 Å². The molecule has 0 amide bonds. The van der Waals surface area contributed by atoms with E-state index in [1.54, 1.807) is 0 Å². The minimum atomic E-state index is -0.987. The molecule has 1 atom stereocenters. The lowest BCUT2D eigenvalue weighted by molar-refractivity contribution is -0.143. The van der Waals surface area contributed by atoms with E-state index in [0.717, 1.165) is 12.8 Å². The van der Waals surface area contributed by atoms with Crippen molar-refractivity contribution >= 4 is 5.97 Å². The molecule has 0 radical (unpaired) electrons. The molecular formula is C20H40O4. The SMILES string of the molecule is CCCCCCCCCCCCCCCCC(O)COCC(=O)O. The number of aliphatic hydroxyl groups is 1. The van der Waals surface area contributed by atoms with Gasteiger partial charge in [0.2, 0.25) is 0 Å². The van der Waals surface area contributed by atoms with Gasteiger partial charge in [0.25, 0.3) is 0 Å². The summed E-state index contributed by atoms with van der Waals surface area (Å²) in [6.07, 6.45) is 18.7. The van der Waals surface area contributed by atoms with E-state index in [1.807, 2.05) is 0 Å². The molecular weight excluding hydrogens is 304 g/mol. The number of hydrogen-bond acceptors (Lipinski definition) is 3. The van der Waals surface area contributed by atoms with Crippen molar-refractivity contribution in [1.29, 1.82) is 0 Å². The second-order valence-electron chi connectivity index (χ2n) is 6.95. The van der Waals surface area contributed by atoms with Crippen molar-refractivity contribution in [3.05, 3.63) is 0 Å². The number of hydrogen-bond donors (Lipinski definition) is 2. The average molecular weight is 345 g/mol. The third-order valence-corrected chi connectivity index (χ3v) is 4.43. The van der Waals surface area contributed by atoms with E-state index in [9.17, 15) is 9.90 Å². The predicted octanol–water partition coefficient (Wildman–Crippen LogP) is 5.32. The lowest BCUT2D eigenvalue weighted by Gasteiger charge is -2.09. The van der Waals surface area contributed by atoms with E-state index in [1.165, 1.54) is 77.0 Å². The molecule has 1 unspecified atom stereocenters.